The number of carbonyl (C=O) groups excluding carboxylic acids is 1. The Morgan fingerprint density at radius 1 is 1.26 bits per heavy atom. The van der Waals surface area contributed by atoms with Crippen LogP contribution in [-0.2, 0) is 4.79 Å². The van der Waals surface area contributed by atoms with E-state index in [2.05, 4.69) is 5.32 Å². The fraction of sp³-hybridized carbons (Fsp3) is 0.235. The van der Waals surface area contributed by atoms with Crippen LogP contribution in [0.15, 0.2) is 47.4 Å². The van der Waals surface area contributed by atoms with Crippen LogP contribution < -0.4 is 14.8 Å². The maximum atomic E-state index is 12.1. The minimum Gasteiger partial charge on any atom is -0.454 e. The van der Waals surface area contributed by atoms with Crippen molar-refractivity contribution in [3.8, 4) is 11.5 Å². The molecule has 2 aromatic carbocycles. The summed E-state index contributed by atoms with van der Waals surface area (Å²) in [6, 6.07) is 13.1. The van der Waals surface area contributed by atoms with Crippen molar-refractivity contribution in [1.82, 2.24) is 5.32 Å². The first-order valence-electron chi connectivity index (χ1n) is 7.20. The molecule has 6 heteroatoms. The van der Waals surface area contributed by atoms with Crippen molar-refractivity contribution in [1.29, 1.82) is 0 Å². The average Bonchev–Trinajstić information content (AvgIpc) is 3.01. The standard InChI is InChI=1S/C17H16ClNO3S/c1-11(12-6-7-14-15(8-12)22-10-21-14)19-17(20)9-23-16-5-3-2-4-13(16)18/h2-8,11H,9-10H2,1H3,(H,19,20)/t11-/m1/s1. The molecule has 1 heterocycles. The SMILES string of the molecule is C[C@@H](NC(=O)CSc1ccccc1Cl)c1ccc2c(c1)OCO2. The van der Waals surface area contributed by atoms with Gasteiger partial charge in [0.25, 0.3) is 0 Å². The van der Waals surface area contributed by atoms with Gasteiger partial charge in [0, 0.05) is 4.90 Å². The van der Waals surface area contributed by atoms with Crippen molar-refractivity contribution >= 4 is 29.3 Å². The van der Waals surface area contributed by atoms with Gasteiger partial charge in [0.1, 0.15) is 0 Å². The summed E-state index contributed by atoms with van der Waals surface area (Å²) < 4.78 is 10.6. The first-order valence-corrected chi connectivity index (χ1v) is 8.56. The second kappa shape index (κ2) is 7.15. The number of benzene rings is 2. The van der Waals surface area contributed by atoms with Crippen LogP contribution in [0.4, 0.5) is 0 Å². The Morgan fingerprint density at radius 3 is 2.87 bits per heavy atom. The van der Waals surface area contributed by atoms with Crippen molar-refractivity contribution in [3.63, 3.8) is 0 Å². The normalized spacial score (nSPS) is 13.7. The molecule has 120 valence electrons. The number of rotatable bonds is 5. The number of hydrogen-bond donors (Lipinski definition) is 1. The van der Waals surface area contributed by atoms with E-state index in [1.165, 1.54) is 11.8 Å². The Kier molecular flexibility index (Phi) is 4.98. The molecule has 0 saturated heterocycles. The fourth-order valence-corrected chi connectivity index (χ4v) is 3.30. The summed E-state index contributed by atoms with van der Waals surface area (Å²) in [7, 11) is 0. The van der Waals surface area contributed by atoms with Crippen LogP contribution in [0.1, 0.15) is 18.5 Å². The molecule has 1 amide bonds. The number of thioether (sulfide) groups is 1. The van der Waals surface area contributed by atoms with Crippen LogP contribution in [0.5, 0.6) is 11.5 Å². The molecule has 0 spiro atoms. The quantitative estimate of drug-likeness (QED) is 0.828. The van der Waals surface area contributed by atoms with Gasteiger partial charge in [-0.2, -0.15) is 0 Å². The Labute approximate surface area is 144 Å². The molecule has 1 aliphatic heterocycles. The summed E-state index contributed by atoms with van der Waals surface area (Å²) in [6.07, 6.45) is 0. The molecular formula is C17H16ClNO3S. The highest BCUT2D eigenvalue weighted by molar-refractivity contribution is 8.00. The third-order valence-electron chi connectivity index (χ3n) is 3.47. The van der Waals surface area contributed by atoms with Gasteiger partial charge in [-0.15, -0.1) is 11.8 Å². The van der Waals surface area contributed by atoms with Gasteiger partial charge in [-0.25, -0.2) is 0 Å². The number of ether oxygens (including phenoxy) is 2. The summed E-state index contributed by atoms with van der Waals surface area (Å²) >= 11 is 7.51. The lowest BCUT2D eigenvalue weighted by Gasteiger charge is -2.15. The van der Waals surface area contributed by atoms with Gasteiger partial charge >= 0.3 is 0 Å². The van der Waals surface area contributed by atoms with Gasteiger partial charge in [0.2, 0.25) is 12.7 Å². The van der Waals surface area contributed by atoms with Crippen LogP contribution in [-0.4, -0.2) is 18.5 Å². The highest BCUT2D eigenvalue weighted by Crippen LogP contribution is 2.34. The maximum absolute atomic E-state index is 12.1. The fourth-order valence-electron chi connectivity index (χ4n) is 2.25. The predicted octanol–water partition coefficient (Wildman–Crippen LogP) is 4.04. The second-order valence-electron chi connectivity index (χ2n) is 5.12. The zero-order chi connectivity index (χ0) is 16.2. The van der Waals surface area contributed by atoms with Crippen molar-refractivity contribution in [3.05, 3.63) is 53.1 Å². The summed E-state index contributed by atoms with van der Waals surface area (Å²) in [6.45, 7) is 2.18. The molecule has 4 nitrogen and oxygen atoms in total. The maximum Gasteiger partial charge on any atom is 0.231 e. The summed E-state index contributed by atoms with van der Waals surface area (Å²) in [4.78, 5) is 13.0. The van der Waals surface area contributed by atoms with Crippen molar-refractivity contribution in [2.75, 3.05) is 12.5 Å². The highest BCUT2D eigenvalue weighted by atomic mass is 35.5. The molecular weight excluding hydrogens is 334 g/mol. The largest absolute Gasteiger partial charge is 0.454 e. The molecule has 0 radical (unpaired) electrons. The van der Waals surface area contributed by atoms with Gasteiger partial charge < -0.3 is 14.8 Å². The van der Waals surface area contributed by atoms with Gasteiger partial charge in [-0.05, 0) is 36.8 Å². The van der Waals surface area contributed by atoms with E-state index >= 15 is 0 Å². The van der Waals surface area contributed by atoms with Gasteiger partial charge in [0.15, 0.2) is 11.5 Å². The number of halogens is 1. The van der Waals surface area contributed by atoms with Gasteiger partial charge in [-0.1, -0.05) is 29.8 Å². The van der Waals surface area contributed by atoms with Gasteiger partial charge in [-0.3, -0.25) is 4.79 Å². The van der Waals surface area contributed by atoms with E-state index in [0.29, 0.717) is 16.5 Å². The van der Waals surface area contributed by atoms with Crippen LogP contribution in [0.3, 0.4) is 0 Å². The van der Waals surface area contributed by atoms with Crippen molar-refractivity contribution < 1.29 is 14.3 Å². The summed E-state index contributed by atoms with van der Waals surface area (Å²) in [5.74, 6) is 1.73. The van der Waals surface area contributed by atoms with E-state index < -0.39 is 0 Å². The molecule has 0 unspecified atom stereocenters. The topological polar surface area (TPSA) is 47.6 Å². The lowest BCUT2D eigenvalue weighted by Crippen LogP contribution is -2.28. The lowest BCUT2D eigenvalue weighted by molar-refractivity contribution is -0.119. The second-order valence-corrected chi connectivity index (χ2v) is 6.55. The van der Waals surface area contributed by atoms with Crippen LogP contribution in [0.2, 0.25) is 5.02 Å². The molecule has 1 aliphatic rings. The zero-order valence-electron chi connectivity index (χ0n) is 12.5. The number of carbonyl (C=O) groups is 1. The average molecular weight is 350 g/mol. The van der Waals surface area contributed by atoms with Crippen LogP contribution in [0.25, 0.3) is 0 Å². The molecule has 23 heavy (non-hydrogen) atoms. The van der Waals surface area contributed by atoms with E-state index in [1.54, 1.807) is 0 Å². The predicted molar refractivity (Wildman–Crippen MR) is 91.3 cm³/mol. The van der Waals surface area contributed by atoms with E-state index in [4.69, 9.17) is 21.1 Å². The molecule has 0 aliphatic carbocycles. The number of hydrogen-bond acceptors (Lipinski definition) is 4. The van der Waals surface area contributed by atoms with E-state index in [0.717, 1.165) is 16.2 Å². The molecule has 0 fully saturated rings. The van der Waals surface area contributed by atoms with Crippen molar-refractivity contribution in [2.45, 2.75) is 17.9 Å². The van der Waals surface area contributed by atoms with Gasteiger partial charge in [0.05, 0.1) is 16.8 Å². The molecule has 0 saturated carbocycles. The lowest BCUT2D eigenvalue weighted by atomic mass is 10.1. The molecule has 0 bridgehead atoms. The number of fused-ring (bicyclic) bond motifs is 1. The Hall–Kier alpha value is -1.85. The number of nitrogens with one attached hydrogen (secondary N) is 1. The van der Waals surface area contributed by atoms with Crippen molar-refractivity contribution in [2.24, 2.45) is 0 Å². The zero-order valence-corrected chi connectivity index (χ0v) is 14.1. The molecule has 1 N–H and O–H groups in total. The Balaban J connectivity index is 1.56. The third-order valence-corrected chi connectivity index (χ3v) is 4.98. The smallest absolute Gasteiger partial charge is 0.231 e. The minimum absolute atomic E-state index is 0.0416. The Morgan fingerprint density at radius 2 is 2.04 bits per heavy atom. The van der Waals surface area contributed by atoms with Crippen LogP contribution in [0, 0.1) is 0 Å². The summed E-state index contributed by atoms with van der Waals surface area (Å²) in [5, 5.41) is 3.64. The first-order chi connectivity index (χ1) is 11.1. The Bertz CT molecular complexity index is 723. The highest BCUT2D eigenvalue weighted by Gasteiger charge is 2.17. The minimum atomic E-state index is -0.108. The molecule has 0 aromatic heterocycles. The number of amides is 1. The monoisotopic (exact) mass is 349 g/mol. The third kappa shape index (κ3) is 3.92. The first kappa shape index (κ1) is 16.0. The summed E-state index contributed by atoms with van der Waals surface area (Å²) in [5.41, 5.74) is 0.977. The molecule has 3 rings (SSSR count). The van der Waals surface area contributed by atoms with Crippen LogP contribution >= 0.6 is 23.4 Å². The molecule has 2 aromatic rings. The van der Waals surface area contributed by atoms with E-state index in [9.17, 15) is 4.79 Å². The van der Waals surface area contributed by atoms with E-state index in [1.807, 2.05) is 49.4 Å². The van der Waals surface area contributed by atoms with E-state index in [-0.39, 0.29) is 18.7 Å². The molecule has 1 atom stereocenters.